The van der Waals surface area contributed by atoms with E-state index in [0.717, 1.165) is 24.8 Å². The summed E-state index contributed by atoms with van der Waals surface area (Å²) >= 11 is 0. The van der Waals surface area contributed by atoms with Crippen LogP contribution in [0, 0.1) is 0 Å². The van der Waals surface area contributed by atoms with Gasteiger partial charge in [-0.25, -0.2) is 5.43 Å². The Labute approximate surface area is 129 Å². The Morgan fingerprint density at radius 2 is 2.05 bits per heavy atom. The summed E-state index contributed by atoms with van der Waals surface area (Å²) in [7, 11) is 0. The molecule has 3 rings (SSSR count). The van der Waals surface area contributed by atoms with Gasteiger partial charge in [-0.05, 0) is 36.6 Å². The molecule has 1 aliphatic heterocycles. The zero-order chi connectivity index (χ0) is 15.4. The second kappa shape index (κ2) is 6.36. The van der Waals surface area contributed by atoms with Crippen molar-refractivity contribution in [2.45, 2.75) is 44.1 Å². The Morgan fingerprint density at radius 1 is 1.27 bits per heavy atom. The maximum absolute atomic E-state index is 11.9. The molecule has 0 bridgehead atoms. The third-order valence-corrected chi connectivity index (χ3v) is 4.07. The number of carbonyl (C=O) groups excluding carboxylic acids is 1. The van der Waals surface area contributed by atoms with Gasteiger partial charge in [0.25, 0.3) is 0 Å². The quantitative estimate of drug-likeness (QED) is 0.658. The van der Waals surface area contributed by atoms with Crippen molar-refractivity contribution >= 4 is 12.1 Å². The van der Waals surface area contributed by atoms with Crippen molar-refractivity contribution in [3.63, 3.8) is 0 Å². The van der Waals surface area contributed by atoms with Gasteiger partial charge in [0, 0.05) is 0 Å². The number of hydrogen-bond acceptors (Lipinski definition) is 5. The summed E-state index contributed by atoms with van der Waals surface area (Å²) < 4.78 is 10.5. The summed E-state index contributed by atoms with van der Waals surface area (Å²) in [6, 6.07) is 5.43. The summed E-state index contributed by atoms with van der Waals surface area (Å²) in [5, 5.41) is 14.3. The van der Waals surface area contributed by atoms with Gasteiger partial charge in [-0.3, -0.25) is 4.79 Å². The Morgan fingerprint density at radius 3 is 2.86 bits per heavy atom. The highest BCUT2D eigenvalue weighted by atomic mass is 16.7. The third kappa shape index (κ3) is 3.57. The molecule has 1 aromatic rings. The fourth-order valence-electron chi connectivity index (χ4n) is 2.90. The minimum absolute atomic E-state index is 0.103. The molecule has 22 heavy (non-hydrogen) atoms. The molecule has 1 aromatic carbocycles. The first kappa shape index (κ1) is 14.8. The largest absolute Gasteiger partial charge is 0.454 e. The number of nitrogens with one attached hydrogen (secondary N) is 1. The molecule has 2 aliphatic rings. The molecular formula is C16H20N2O4. The second-order valence-corrected chi connectivity index (χ2v) is 5.87. The lowest BCUT2D eigenvalue weighted by Gasteiger charge is -2.31. The molecule has 0 aromatic heterocycles. The fraction of sp³-hybridized carbons (Fsp3) is 0.500. The van der Waals surface area contributed by atoms with Crippen LogP contribution in [-0.4, -0.2) is 29.6 Å². The second-order valence-electron chi connectivity index (χ2n) is 5.87. The zero-order valence-corrected chi connectivity index (χ0v) is 12.4. The first-order chi connectivity index (χ1) is 10.6. The number of aliphatic hydroxyl groups is 1. The molecule has 1 amide bonds. The topological polar surface area (TPSA) is 80.2 Å². The van der Waals surface area contributed by atoms with Gasteiger partial charge in [0.2, 0.25) is 12.7 Å². The van der Waals surface area contributed by atoms with Gasteiger partial charge in [-0.15, -0.1) is 0 Å². The standard InChI is InChI=1S/C16H20N2O4/c19-15(9-16(20)6-2-1-3-7-16)18-17-10-12-4-5-13-14(8-12)22-11-21-13/h4-5,8,10,20H,1-3,6-7,9,11H2,(H,18,19)/b17-10+. The SMILES string of the molecule is O=C(CC1(O)CCCCC1)N/N=C/c1ccc2c(c1)OCO2. The van der Waals surface area contributed by atoms with Gasteiger partial charge >= 0.3 is 0 Å². The normalized spacial score (nSPS) is 19.3. The number of benzene rings is 1. The van der Waals surface area contributed by atoms with E-state index in [-0.39, 0.29) is 19.1 Å². The number of carbonyl (C=O) groups is 1. The lowest BCUT2D eigenvalue weighted by molar-refractivity contribution is -0.127. The molecule has 1 aliphatic carbocycles. The van der Waals surface area contributed by atoms with Gasteiger partial charge in [0.1, 0.15) is 0 Å². The highest BCUT2D eigenvalue weighted by Crippen LogP contribution is 2.32. The summed E-state index contributed by atoms with van der Waals surface area (Å²) in [5.41, 5.74) is 2.41. The minimum Gasteiger partial charge on any atom is -0.454 e. The summed E-state index contributed by atoms with van der Waals surface area (Å²) in [4.78, 5) is 11.9. The average molecular weight is 304 g/mol. The lowest BCUT2D eigenvalue weighted by Crippen LogP contribution is -2.37. The van der Waals surface area contributed by atoms with E-state index in [1.165, 1.54) is 0 Å². The van der Waals surface area contributed by atoms with Gasteiger partial charge in [-0.2, -0.15) is 5.10 Å². The smallest absolute Gasteiger partial charge is 0.242 e. The van der Waals surface area contributed by atoms with Crippen LogP contribution in [0.2, 0.25) is 0 Å². The van der Waals surface area contributed by atoms with E-state index in [9.17, 15) is 9.90 Å². The van der Waals surface area contributed by atoms with Crippen LogP contribution in [0.5, 0.6) is 11.5 Å². The molecule has 0 radical (unpaired) electrons. The molecule has 118 valence electrons. The van der Waals surface area contributed by atoms with Crippen LogP contribution in [0.25, 0.3) is 0 Å². The zero-order valence-electron chi connectivity index (χ0n) is 12.4. The molecular weight excluding hydrogens is 284 g/mol. The highest BCUT2D eigenvalue weighted by Gasteiger charge is 2.31. The van der Waals surface area contributed by atoms with E-state index < -0.39 is 5.60 Å². The van der Waals surface area contributed by atoms with Crippen LogP contribution in [-0.2, 0) is 4.79 Å². The highest BCUT2D eigenvalue weighted by molar-refractivity contribution is 5.83. The molecule has 2 N–H and O–H groups in total. The first-order valence-corrected chi connectivity index (χ1v) is 7.59. The van der Waals surface area contributed by atoms with Crippen molar-refractivity contribution in [1.29, 1.82) is 0 Å². The third-order valence-electron chi connectivity index (χ3n) is 4.07. The summed E-state index contributed by atoms with van der Waals surface area (Å²) in [5.74, 6) is 1.12. The molecule has 6 heteroatoms. The number of hydrogen-bond donors (Lipinski definition) is 2. The summed E-state index contributed by atoms with van der Waals surface area (Å²) in [6.07, 6.45) is 6.11. The number of ether oxygens (including phenoxy) is 2. The van der Waals surface area contributed by atoms with Gasteiger partial charge in [0.15, 0.2) is 11.5 Å². The molecule has 6 nitrogen and oxygen atoms in total. The van der Waals surface area contributed by atoms with Crippen molar-refractivity contribution < 1.29 is 19.4 Å². The number of nitrogens with zero attached hydrogens (tertiary/aromatic N) is 1. The van der Waals surface area contributed by atoms with E-state index in [1.807, 2.05) is 6.07 Å². The van der Waals surface area contributed by atoms with Crippen molar-refractivity contribution in [3.8, 4) is 11.5 Å². The Kier molecular flexibility index (Phi) is 4.29. The molecule has 1 saturated carbocycles. The molecule has 0 saturated heterocycles. The first-order valence-electron chi connectivity index (χ1n) is 7.59. The summed E-state index contributed by atoms with van der Waals surface area (Å²) in [6.45, 7) is 0.227. The van der Waals surface area contributed by atoms with Gasteiger partial charge < -0.3 is 14.6 Å². The van der Waals surface area contributed by atoms with Crippen molar-refractivity contribution in [2.24, 2.45) is 5.10 Å². The predicted octanol–water partition coefficient (Wildman–Crippen LogP) is 1.95. The van der Waals surface area contributed by atoms with Gasteiger partial charge in [-0.1, -0.05) is 19.3 Å². The van der Waals surface area contributed by atoms with Crippen LogP contribution in [0.3, 0.4) is 0 Å². The predicted molar refractivity (Wildman–Crippen MR) is 81.0 cm³/mol. The maximum Gasteiger partial charge on any atom is 0.242 e. The molecule has 0 spiro atoms. The Hall–Kier alpha value is -2.08. The maximum atomic E-state index is 11.9. The van der Waals surface area contributed by atoms with Crippen LogP contribution >= 0.6 is 0 Å². The lowest BCUT2D eigenvalue weighted by atomic mass is 9.82. The van der Waals surface area contributed by atoms with Gasteiger partial charge in [0.05, 0.1) is 18.2 Å². The molecule has 0 atom stereocenters. The monoisotopic (exact) mass is 304 g/mol. The van der Waals surface area contributed by atoms with E-state index in [0.29, 0.717) is 24.3 Å². The van der Waals surface area contributed by atoms with Crippen LogP contribution < -0.4 is 14.9 Å². The molecule has 1 fully saturated rings. The Balaban J connectivity index is 1.52. The fourth-order valence-corrected chi connectivity index (χ4v) is 2.90. The number of hydrazone groups is 1. The van der Waals surface area contributed by atoms with Crippen LogP contribution in [0.1, 0.15) is 44.1 Å². The number of rotatable bonds is 4. The van der Waals surface area contributed by atoms with Crippen molar-refractivity contribution in [3.05, 3.63) is 23.8 Å². The molecule has 0 unspecified atom stereocenters. The van der Waals surface area contributed by atoms with E-state index in [1.54, 1.807) is 18.3 Å². The van der Waals surface area contributed by atoms with E-state index >= 15 is 0 Å². The van der Waals surface area contributed by atoms with E-state index in [4.69, 9.17) is 9.47 Å². The molecule has 1 heterocycles. The van der Waals surface area contributed by atoms with Crippen molar-refractivity contribution in [1.82, 2.24) is 5.43 Å². The van der Waals surface area contributed by atoms with Crippen molar-refractivity contribution in [2.75, 3.05) is 6.79 Å². The number of fused-ring (bicyclic) bond motifs is 1. The van der Waals surface area contributed by atoms with Crippen LogP contribution in [0.15, 0.2) is 23.3 Å². The minimum atomic E-state index is -0.864. The average Bonchev–Trinajstić information content (AvgIpc) is 2.95. The van der Waals surface area contributed by atoms with Crippen LogP contribution in [0.4, 0.5) is 0 Å². The Bertz CT molecular complexity index is 580. The van der Waals surface area contributed by atoms with E-state index in [2.05, 4.69) is 10.5 Å². The number of amides is 1.